The third-order valence-corrected chi connectivity index (χ3v) is 4.69. The fraction of sp³-hybridized carbons (Fsp3) is 0.200. The van der Waals surface area contributed by atoms with E-state index in [-0.39, 0.29) is 5.56 Å². The van der Waals surface area contributed by atoms with Crippen LogP contribution in [0, 0.1) is 0 Å². The number of anilines is 2. The Morgan fingerprint density at radius 2 is 1.92 bits per heavy atom. The second-order valence-corrected chi connectivity index (χ2v) is 6.13. The summed E-state index contributed by atoms with van der Waals surface area (Å²) in [4.78, 5) is 22.4. The van der Waals surface area contributed by atoms with Crippen molar-refractivity contribution in [1.29, 1.82) is 0 Å². The molecule has 6 nitrogen and oxygen atoms in total. The summed E-state index contributed by atoms with van der Waals surface area (Å²) in [6.45, 7) is 5.92. The van der Waals surface area contributed by atoms with Gasteiger partial charge in [0.1, 0.15) is 17.0 Å². The van der Waals surface area contributed by atoms with Crippen molar-refractivity contribution in [3.05, 3.63) is 52.9 Å². The smallest absolute Gasteiger partial charge is 0.349 e. The van der Waals surface area contributed by atoms with Gasteiger partial charge in [-0.3, -0.25) is 0 Å². The first-order valence-corrected chi connectivity index (χ1v) is 8.68. The van der Waals surface area contributed by atoms with Crippen LogP contribution in [0.4, 0.5) is 11.4 Å². The summed E-state index contributed by atoms with van der Waals surface area (Å²) >= 11 is 0. The van der Waals surface area contributed by atoms with Gasteiger partial charge in [-0.25, -0.2) is 9.78 Å². The highest BCUT2D eigenvalue weighted by Gasteiger charge is 2.18. The number of hydrogen-bond acceptors (Lipinski definition) is 5. The number of hydrogen-bond donors (Lipinski definition) is 2. The van der Waals surface area contributed by atoms with E-state index in [1.807, 2.05) is 42.5 Å². The van der Waals surface area contributed by atoms with Crippen molar-refractivity contribution < 1.29 is 4.42 Å². The largest absolute Gasteiger partial charge is 0.422 e. The predicted octanol–water partition coefficient (Wildman–Crippen LogP) is 3.76. The van der Waals surface area contributed by atoms with E-state index in [2.05, 4.69) is 28.7 Å². The lowest BCUT2D eigenvalue weighted by molar-refractivity contribution is 0.563. The quantitative estimate of drug-likeness (QED) is 0.548. The van der Waals surface area contributed by atoms with Gasteiger partial charge in [-0.05, 0) is 38.1 Å². The monoisotopic (exact) mass is 348 g/mol. The normalized spacial score (nSPS) is 11.3. The third kappa shape index (κ3) is 2.50. The molecule has 6 heteroatoms. The lowest BCUT2D eigenvalue weighted by Gasteiger charge is -2.21. The summed E-state index contributed by atoms with van der Waals surface area (Å²) in [6.07, 6.45) is 0. The minimum atomic E-state index is -0.495. The molecule has 0 spiro atoms. The van der Waals surface area contributed by atoms with Gasteiger partial charge in [-0.15, -0.1) is 0 Å². The average molecular weight is 348 g/mol. The van der Waals surface area contributed by atoms with Crippen molar-refractivity contribution in [1.82, 2.24) is 9.97 Å². The lowest BCUT2D eigenvalue weighted by atomic mass is 10.1. The Hall–Kier alpha value is -3.28. The van der Waals surface area contributed by atoms with E-state index < -0.39 is 5.63 Å². The number of nitrogens with one attached hydrogen (secondary N) is 1. The van der Waals surface area contributed by atoms with Crippen LogP contribution in [0.15, 0.2) is 51.7 Å². The molecule has 0 fully saturated rings. The highest BCUT2D eigenvalue weighted by molar-refractivity contribution is 5.97. The molecule has 2 aromatic heterocycles. The van der Waals surface area contributed by atoms with Crippen molar-refractivity contribution in [2.24, 2.45) is 0 Å². The molecule has 0 amide bonds. The number of rotatable bonds is 4. The van der Waals surface area contributed by atoms with E-state index in [0.29, 0.717) is 22.5 Å². The molecule has 132 valence electrons. The number of para-hydroxylation sites is 2. The van der Waals surface area contributed by atoms with Crippen LogP contribution in [0.5, 0.6) is 0 Å². The van der Waals surface area contributed by atoms with Gasteiger partial charge in [0.05, 0.1) is 16.7 Å². The molecule has 26 heavy (non-hydrogen) atoms. The molecule has 0 saturated carbocycles. The first kappa shape index (κ1) is 16.2. The van der Waals surface area contributed by atoms with Crippen LogP contribution in [0.3, 0.4) is 0 Å². The maximum absolute atomic E-state index is 12.6. The Labute approximate surface area is 150 Å². The molecule has 0 unspecified atom stereocenters. The van der Waals surface area contributed by atoms with Gasteiger partial charge in [0, 0.05) is 30.2 Å². The van der Waals surface area contributed by atoms with Crippen LogP contribution in [-0.2, 0) is 0 Å². The van der Waals surface area contributed by atoms with Gasteiger partial charge in [0.2, 0.25) is 0 Å². The number of imidazole rings is 1. The zero-order chi connectivity index (χ0) is 18.3. The van der Waals surface area contributed by atoms with Gasteiger partial charge in [0.25, 0.3) is 0 Å². The first-order chi connectivity index (χ1) is 12.6. The van der Waals surface area contributed by atoms with E-state index >= 15 is 0 Å². The molecule has 0 radical (unpaired) electrons. The molecule has 2 heterocycles. The first-order valence-electron chi connectivity index (χ1n) is 8.68. The molecular formula is C20H20N4O2. The topological polar surface area (TPSA) is 88.1 Å². The van der Waals surface area contributed by atoms with Crippen molar-refractivity contribution in [3.63, 3.8) is 0 Å². The van der Waals surface area contributed by atoms with Crippen molar-refractivity contribution in [3.8, 4) is 11.4 Å². The maximum atomic E-state index is 12.6. The minimum Gasteiger partial charge on any atom is -0.422 e. The van der Waals surface area contributed by atoms with E-state index in [4.69, 9.17) is 10.2 Å². The molecule has 0 saturated heterocycles. The summed E-state index contributed by atoms with van der Waals surface area (Å²) in [5.41, 5.74) is 9.59. The molecule has 0 bridgehead atoms. The van der Waals surface area contributed by atoms with E-state index in [1.165, 1.54) is 0 Å². The highest BCUT2D eigenvalue weighted by Crippen LogP contribution is 2.31. The molecule has 3 N–H and O–H groups in total. The molecular weight excluding hydrogens is 328 g/mol. The SMILES string of the molecule is CCN(CC)c1ccc2c(N)c(-c3nc4ccccc4[nH]3)c(=O)oc2c1. The van der Waals surface area contributed by atoms with Gasteiger partial charge < -0.3 is 20.0 Å². The summed E-state index contributed by atoms with van der Waals surface area (Å²) in [6, 6.07) is 13.3. The zero-order valence-electron chi connectivity index (χ0n) is 14.7. The third-order valence-electron chi connectivity index (χ3n) is 4.69. The number of aromatic nitrogens is 2. The van der Waals surface area contributed by atoms with Crippen LogP contribution in [0.25, 0.3) is 33.4 Å². The molecule has 0 atom stereocenters. The Kier molecular flexibility index (Phi) is 3.88. The number of nitrogen functional groups attached to an aromatic ring is 1. The Bertz CT molecular complexity index is 1120. The van der Waals surface area contributed by atoms with Crippen LogP contribution in [0.1, 0.15) is 13.8 Å². The summed E-state index contributed by atoms with van der Waals surface area (Å²) in [5.74, 6) is 0.423. The van der Waals surface area contributed by atoms with Crippen LogP contribution >= 0.6 is 0 Å². The van der Waals surface area contributed by atoms with Crippen molar-refractivity contribution >= 4 is 33.4 Å². The Morgan fingerprint density at radius 1 is 1.15 bits per heavy atom. The second kappa shape index (κ2) is 6.22. The van der Waals surface area contributed by atoms with E-state index in [1.54, 1.807) is 0 Å². The number of aromatic amines is 1. The fourth-order valence-corrected chi connectivity index (χ4v) is 3.29. The average Bonchev–Trinajstić information content (AvgIpc) is 3.06. The van der Waals surface area contributed by atoms with Gasteiger partial charge in [-0.1, -0.05) is 12.1 Å². The number of fused-ring (bicyclic) bond motifs is 2. The maximum Gasteiger partial charge on any atom is 0.349 e. The summed E-state index contributed by atoms with van der Waals surface area (Å²) < 4.78 is 5.58. The fourth-order valence-electron chi connectivity index (χ4n) is 3.29. The van der Waals surface area contributed by atoms with Gasteiger partial charge in [0.15, 0.2) is 0 Å². The molecule has 0 aliphatic carbocycles. The van der Waals surface area contributed by atoms with Crippen molar-refractivity contribution in [2.45, 2.75) is 13.8 Å². The van der Waals surface area contributed by atoms with Gasteiger partial charge >= 0.3 is 5.63 Å². The predicted molar refractivity (Wildman–Crippen MR) is 106 cm³/mol. The number of nitrogens with two attached hydrogens (primary N) is 1. The molecule has 2 aromatic carbocycles. The van der Waals surface area contributed by atoms with Crippen LogP contribution in [-0.4, -0.2) is 23.1 Å². The molecule has 4 aromatic rings. The zero-order valence-corrected chi connectivity index (χ0v) is 14.7. The molecule has 4 rings (SSSR count). The molecule has 0 aliphatic heterocycles. The van der Waals surface area contributed by atoms with E-state index in [0.717, 1.165) is 29.8 Å². The minimum absolute atomic E-state index is 0.268. The Balaban J connectivity index is 1.91. The summed E-state index contributed by atoms with van der Waals surface area (Å²) in [5, 5.41) is 0.705. The van der Waals surface area contributed by atoms with Crippen LogP contribution < -0.4 is 16.3 Å². The number of benzene rings is 2. The van der Waals surface area contributed by atoms with Crippen LogP contribution in [0.2, 0.25) is 0 Å². The highest BCUT2D eigenvalue weighted by atomic mass is 16.4. The second-order valence-electron chi connectivity index (χ2n) is 6.13. The van der Waals surface area contributed by atoms with Crippen molar-refractivity contribution in [2.75, 3.05) is 23.7 Å². The Morgan fingerprint density at radius 3 is 2.65 bits per heavy atom. The number of H-pyrrole nitrogens is 1. The molecule has 0 aliphatic rings. The van der Waals surface area contributed by atoms with E-state index in [9.17, 15) is 4.79 Å². The lowest BCUT2D eigenvalue weighted by Crippen LogP contribution is -2.21. The standard InChI is InChI=1S/C20H20N4O2/c1-3-24(4-2)12-9-10-13-16(11-12)26-20(25)17(18(13)21)19-22-14-7-5-6-8-15(14)23-19/h5-11H,3-4,21H2,1-2H3,(H,22,23). The summed E-state index contributed by atoms with van der Waals surface area (Å²) in [7, 11) is 0. The number of nitrogens with zero attached hydrogens (tertiary/aromatic N) is 2. The van der Waals surface area contributed by atoms with Gasteiger partial charge in [-0.2, -0.15) is 0 Å².